The fourth-order valence-electron chi connectivity index (χ4n) is 1.99. The summed E-state index contributed by atoms with van der Waals surface area (Å²) >= 11 is 0. The Labute approximate surface area is 113 Å². The molecule has 0 atom stereocenters. The summed E-state index contributed by atoms with van der Waals surface area (Å²) in [5.74, 6) is -1.32. The number of aromatic carboxylic acids is 1. The Kier molecular flexibility index (Phi) is 3.34. The van der Waals surface area contributed by atoms with E-state index in [0.717, 1.165) is 0 Å². The number of hydrogen-bond donors (Lipinski definition) is 2. The van der Waals surface area contributed by atoms with Gasteiger partial charge in [0.05, 0.1) is 16.2 Å². The van der Waals surface area contributed by atoms with Gasteiger partial charge in [-0.05, 0) is 25.1 Å². The first kappa shape index (κ1) is 13.5. The topological polar surface area (TPSA) is 119 Å². The van der Waals surface area contributed by atoms with E-state index in [0.29, 0.717) is 11.3 Å². The largest absolute Gasteiger partial charge is 0.478 e. The van der Waals surface area contributed by atoms with Crippen LogP contribution >= 0.6 is 0 Å². The number of pyridine rings is 1. The predicted octanol–water partition coefficient (Wildman–Crippen LogP) is 2.25. The van der Waals surface area contributed by atoms with Crippen LogP contribution in [0.5, 0.6) is 0 Å². The normalized spacial score (nSPS) is 10.2. The van der Waals surface area contributed by atoms with Crippen molar-refractivity contribution in [2.45, 2.75) is 6.92 Å². The lowest BCUT2D eigenvalue weighted by Gasteiger charge is -2.10. The standard InChI is InChI=1S/C13H11N3O4/c1-7-8(10-4-2-3-5-15-10)6-9(13(17)18)11(14)12(7)16(19)20/h2-6H,14H2,1H3,(H,17,18). The highest BCUT2D eigenvalue weighted by Crippen LogP contribution is 2.36. The van der Waals surface area contributed by atoms with Crippen LogP contribution in [0.4, 0.5) is 11.4 Å². The molecule has 102 valence electrons. The van der Waals surface area contributed by atoms with Gasteiger partial charge in [-0.25, -0.2) is 4.79 Å². The molecular formula is C13H11N3O4. The Morgan fingerprint density at radius 3 is 2.65 bits per heavy atom. The van der Waals surface area contributed by atoms with Crippen molar-refractivity contribution < 1.29 is 14.8 Å². The van der Waals surface area contributed by atoms with Crippen molar-refractivity contribution in [3.63, 3.8) is 0 Å². The lowest BCUT2D eigenvalue weighted by Crippen LogP contribution is -2.08. The number of carboxylic acids is 1. The van der Waals surface area contributed by atoms with E-state index in [9.17, 15) is 14.9 Å². The summed E-state index contributed by atoms with van der Waals surface area (Å²) in [4.78, 5) is 25.7. The molecule has 2 rings (SSSR count). The second kappa shape index (κ2) is 4.96. The average Bonchev–Trinajstić information content (AvgIpc) is 2.39. The molecule has 0 spiro atoms. The van der Waals surface area contributed by atoms with E-state index >= 15 is 0 Å². The number of nitrogen functional groups attached to an aromatic ring is 1. The first-order chi connectivity index (χ1) is 9.43. The molecule has 3 N–H and O–H groups in total. The number of anilines is 1. The molecule has 0 aliphatic carbocycles. The second-order valence-electron chi connectivity index (χ2n) is 4.14. The van der Waals surface area contributed by atoms with E-state index in [4.69, 9.17) is 10.8 Å². The molecule has 0 saturated heterocycles. The minimum Gasteiger partial charge on any atom is -0.478 e. The summed E-state index contributed by atoms with van der Waals surface area (Å²) in [6, 6.07) is 6.36. The number of rotatable bonds is 3. The third-order valence-electron chi connectivity index (χ3n) is 2.95. The van der Waals surface area contributed by atoms with Crippen LogP contribution in [0.1, 0.15) is 15.9 Å². The molecule has 20 heavy (non-hydrogen) atoms. The molecule has 2 aromatic rings. The minimum absolute atomic E-state index is 0.288. The number of carboxylic acid groups (broad SMARTS) is 1. The molecule has 0 amide bonds. The minimum atomic E-state index is -1.32. The Balaban J connectivity index is 2.83. The molecule has 0 unspecified atom stereocenters. The monoisotopic (exact) mass is 273 g/mol. The highest BCUT2D eigenvalue weighted by Gasteiger charge is 2.26. The van der Waals surface area contributed by atoms with Gasteiger partial charge in [0.1, 0.15) is 5.69 Å². The number of carbonyl (C=O) groups is 1. The molecule has 0 aliphatic heterocycles. The zero-order valence-corrected chi connectivity index (χ0v) is 10.5. The molecule has 0 fully saturated rings. The summed E-state index contributed by atoms with van der Waals surface area (Å²) in [6.07, 6.45) is 1.53. The summed E-state index contributed by atoms with van der Waals surface area (Å²) < 4.78 is 0. The molecule has 1 heterocycles. The number of nitro groups is 1. The molecule has 7 heteroatoms. The average molecular weight is 273 g/mol. The molecule has 1 aromatic heterocycles. The van der Waals surface area contributed by atoms with Crippen LogP contribution in [0.15, 0.2) is 30.5 Å². The van der Waals surface area contributed by atoms with Crippen LogP contribution in [0.3, 0.4) is 0 Å². The summed E-state index contributed by atoms with van der Waals surface area (Å²) in [5.41, 5.74) is 5.66. The van der Waals surface area contributed by atoms with Crippen molar-refractivity contribution in [3.05, 3.63) is 51.7 Å². The SMILES string of the molecule is Cc1c(-c2ccccn2)cc(C(=O)O)c(N)c1[N+](=O)[O-]. The first-order valence-electron chi connectivity index (χ1n) is 5.65. The van der Waals surface area contributed by atoms with Gasteiger partial charge in [-0.2, -0.15) is 0 Å². The smallest absolute Gasteiger partial charge is 0.338 e. The molecule has 1 aromatic carbocycles. The van der Waals surface area contributed by atoms with Crippen LogP contribution in [-0.2, 0) is 0 Å². The zero-order valence-electron chi connectivity index (χ0n) is 10.5. The molecule has 0 radical (unpaired) electrons. The summed E-state index contributed by atoms with van der Waals surface area (Å²) in [7, 11) is 0. The van der Waals surface area contributed by atoms with E-state index in [-0.39, 0.29) is 16.8 Å². The van der Waals surface area contributed by atoms with E-state index in [2.05, 4.69) is 4.98 Å². The van der Waals surface area contributed by atoms with Crippen molar-refractivity contribution in [2.24, 2.45) is 0 Å². The number of aromatic nitrogens is 1. The summed E-state index contributed by atoms with van der Waals surface area (Å²) in [5, 5.41) is 20.2. The first-order valence-corrected chi connectivity index (χ1v) is 5.65. The Hall–Kier alpha value is -2.96. The molecule has 0 saturated carbocycles. The van der Waals surface area contributed by atoms with Crippen LogP contribution in [0, 0.1) is 17.0 Å². The maximum absolute atomic E-state index is 11.2. The van der Waals surface area contributed by atoms with Crippen molar-refractivity contribution in [1.29, 1.82) is 0 Å². The third kappa shape index (κ3) is 2.16. The van der Waals surface area contributed by atoms with Crippen molar-refractivity contribution >= 4 is 17.3 Å². The summed E-state index contributed by atoms with van der Waals surface area (Å²) in [6.45, 7) is 1.52. The highest BCUT2D eigenvalue weighted by molar-refractivity contribution is 5.99. The Morgan fingerprint density at radius 1 is 1.45 bits per heavy atom. The molecular weight excluding hydrogens is 262 g/mol. The number of benzene rings is 1. The van der Waals surface area contributed by atoms with Crippen molar-refractivity contribution in [1.82, 2.24) is 4.98 Å². The number of nitro benzene ring substituents is 1. The molecule has 0 aliphatic rings. The lowest BCUT2D eigenvalue weighted by atomic mass is 9.98. The molecule has 0 bridgehead atoms. The number of hydrogen-bond acceptors (Lipinski definition) is 5. The Morgan fingerprint density at radius 2 is 2.15 bits per heavy atom. The van der Waals surface area contributed by atoms with Crippen molar-refractivity contribution in [3.8, 4) is 11.3 Å². The van der Waals surface area contributed by atoms with Gasteiger partial charge in [0.15, 0.2) is 0 Å². The maximum atomic E-state index is 11.2. The van der Waals surface area contributed by atoms with Gasteiger partial charge in [0.25, 0.3) is 5.69 Å². The number of nitrogens with two attached hydrogens (primary N) is 1. The highest BCUT2D eigenvalue weighted by atomic mass is 16.6. The van der Waals surface area contributed by atoms with E-state index in [1.807, 2.05) is 0 Å². The Bertz CT molecular complexity index is 699. The van der Waals surface area contributed by atoms with Crippen LogP contribution in [0.25, 0.3) is 11.3 Å². The molecule has 7 nitrogen and oxygen atoms in total. The van der Waals surface area contributed by atoms with Gasteiger partial charge in [-0.15, -0.1) is 0 Å². The van der Waals surface area contributed by atoms with Gasteiger partial charge >= 0.3 is 5.97 Å². The fraction of sp³-hybridized carbons (Fsp3) is 0.0769. The van der Waals surface area contributed by atoms with E-state index in [1.165, 1.54) is 19.2 Å². The van der Waals surface area contributed by atoms with Crippen molar-refractivity contribution in [2.75, 3.05) is 5.73 Å². The van der Waals surface area contributed by atoms with Gasteiger partial charge in [-0.3, -0.25) is 15.1 Å². The third-order valence-corrected chi connectivity index (χ3v) is 2.95. The predicted molar refractivity (Wildman–Crippen MR) is 72.4 cm³/mol. The van der Waals surface area contributed by atoms with Gasteiger partial charge in [0, 0.05) is 17.3 Å². The van der Waals surface area contributed by atoms with Gasteiger partial charge < -0.3 is 10.8 Å². The second-order valence-corrected chi connectivity index (χ2v) is 4.14. The van der Waals surface area contributed by atoms with E-state index in [1.54, 1.807) is 18.2 Å². The van der Waals surface area contributed by atoms with Gasteiger partial charge in [0.2, 0.25) is 0 Å². The fourth-order valence-corrected chi connectivity index (χ4v) is 1.99. The van der Waals surface area contributed by atoms with Crippen LogP contribution in [-0.4, -0.2) is 21.0 Å². The van der Waals surface area contributed by atoms with Crippen LogP contribution < -0.4 is 5.73 Å². The quantitative estimate of drug-likeness (QED) is 0.502. The zero-order chi connectivity index (χ0) is 14.9. The van der Waals surface area contributed by atoms with E-state index < -0.39 is 16.6 Å². The van der Waals surface area contributed by atoms with Crippen LogP contribution in [0.2, 0.25) is 0 Å². The number of nitrogens with zero attached hydrogens (tertiary/aromatic N) is 2. The lowest BCUT2D eigenvalue weighted by molar-refractivity contribution is -0.384. The maximum Gasteiger partial charge on any atom is 0.338 e. The van der Waals surface area contributed by atoms with Gasteiger partial charge in [-0.1, -0.05) is 6.07 Å².